The van der Waals surface area contributed by atoms with Crippen molar-refractivity contribution in [2.75, 3.05) is 4.90 Å². The van der Waals surface area contributed by atoms with E-state index in [9.17, 15) is 0 Å². The van der Waals surface area contributed by atoms with E-state index in [0.29, 0.717) is 0 Å². The van der Waals surface area contributed by atoms with Crippen LogP contribution >= 0.6 is 11.3 Å². The Hall–Kier alpha value is -8.24. The van der Waals surface area contributed by atoms with Gasteiger partial charge in [-0.2, -0.15) is 0 Å². The van der Waals surface area contributed by atoms with Crippen molar-refractivity contribution < 1.29 is 4.42 Å². The number of hydrogen-bond donors (Lipinski definition) is 0. The minimum atomic E-state index is 0.854. The van der Waals surface area contributed by atoms with Gasteiger partial charge in [0, 0.05) is 31.2 Å². The molecule has 304 valence electrons. The molecule has 0 aliphatic rings. The van der Waals surface area contributed by atoms with Crippen LogP contribution < -0.4 is 4.90 Å². The number of para-hydroxylation sites is 1. The molecule has 0 unspecified atom stereocenters. The van der Waals surface area contributed by atoms with Crippen molar-refractivity contribution in [1.82, 2.24) is 0 Å². The zero-order chi connectivity index (χ0) is 42.8. The van der Waals surface area contributed by atoms with E-state index in [2.05, 4.69) is 241 Å². The van der Waals surface area contributed by atoms with Gasteiger partial charge in [-0.15, -0.1) is 11.3 Å². The lowest BCUT2D eigenvalue weighted by atomic mass is 9.96. The van der Waals surface area contributed by atoms with Crippen molar-refractivity contribution in [2.24, 2.45) is 0 Å². The maximum absolute atomic E-state index is 6.77. The Morgan fingerprint density at radius 3 is 1.68 bits per heavy atom. The zero-order valence-electron chi connectivity index (χ0n) is 35.3. The Morgan fingerprint density at radius 2 is 0.908 bits per heavy atom. The number of thiophene rings is 1. The first-order valence-corrected chi connectivity index (χ1v) is 23.0. The molecular formula is C62H39NOS. The van der Waals surface area contributed by atoms with Crippen molar-refractivity contribution >= 4 is 92.1 Å². The third-order valence-electron chi connectivity index (χ3n) is 13.0. The first-order valence-electron chi connectivity index (χ1n) is 22.1. The molecule has 2 heterocycles. The van der Waals surface area contributed by atoms with Gasteiger partial charge in [0.1, 0.15) is 11.2 Å². The van der Waals surface area contributed by atoms with Crippen LogP contribution in [0.2, 0.25) is 0 Å². The van der Waals surface area contributed by atoms with Crippen LogP contribution in [0.1, 0.15) is 0 Å². The fraction of sp³-hybridized carbons (Fsp3) is 0. The number of hydrogen-bond acceptors (Lipinski definition) is 3. The summed E-state index contributed by atoms with van der Waals surface area (Å²) in [5.41, 5.74) is 14.4. The number of benzene rings is 11. The molecule has 2 nitrogen and oxygen atoms in total. The number of anilines is 3. The molecule has 13 aromatic rings. The van der Waals surface area contributed by atoms with Crippen LogP contribution in [0.4, 0.5) is 17.1 Å². The van der Waals surface area contributed by atoms with Gasteiger partial charge in [-0.25, -0.2) is 0 Å². The molecule has 0 bridgehead atoms. The number of nitrogens with zero attached hydrogens (tertiary/aromatic N) is 1. The average Bonchev–Trinajstić information content (AvgIpc) is 3.96. The maximum atomic E-state index is 6.77. The summed E-state index contributed by atoms with van der Waals surface area (Å²) >= 11 is 1.88. The Kier molecular flexibility index (Phi) is 8.75. The van der Waals surface area contributed by atoms with Crippen LogP contribution in [0.15, 0.2) is 241 Å². The van der Waals surface area contributed by atoms with E-state index >= 15 is 0 Å². The molecule has 0 aliphatic heterocycles. The normalized spacial score (nSPS) is 11.7. The molecular weight excluding hydrogens is 807 g/mol. The Labute approximate surface area is 380 Å². The molecule has 0 amide bonds. The first-order chi connectivity index (χ1) is 32.2. The predicted molar refractivity (Wildman–Crippen MR) is 278 cm³/mol. The summed E-state index contributed by atoms with van der Waals surface area (Å²) in [6, 6.07) is 86.0. The summed E-state index contributed by atoms with van der Waals surface area (Å²) in [5, 5.41) is 9.66. The van der Waals surface area contributed by atoms with Gasteiger partial charge in [0.05, 0.1) is 16.8 Å². The second-order valence-electron chi connectivity index (χ2n) is 16.8. The number of fused-ring (bicyclic) bond motifs is 9. The minimum absolute atomic E-state index is 0.854. The quantitative estimate of drug-likeness (QED) is 0.149. The third kappa shape index (κ3) is 6.31. The molecule has 0 radical (unpaired) electrons. The summed E-state index contributed by atoms with van der Waals surface area (Å²) in [4.78, 5) is 2.49. The molecule has 0 saturated heterocycles. The average molecular weight is 846 g/mol. The Balaban J connectivity index is 1.08. The van der Waals surface area contributed by atoms with Gasteiger partial charge >= 0.3 is 0 Å². The van der Waals surface area contributed by atoms with Gasteiger partial charge in [0.25, 0.3) is 0 Å². The van der Waals surface area contributed by atoms with Crippen LogP contribution in [0.25, 0.3) is 108 Å². The Bertz CT molecular complexity index is 3920. The lowest BCUT2D eigenvalue weighted by Gasteiger charge is -2.28. The molecule has 0 atom stereocenters. The summed E-state index contributed by atoms with van der Waals surface area (Å²) in [6.07, 6.45) is 0. The maximum Gasteiger partial charge on any atom is 0.138 e. The van der Waals surface area contributed by atoms with Crippen molar-refractivity contribution in [1.29, 1.82) is 0 Å². The van der Waals surface area contributed by atoms with E-state index in [1.54, 1.807) is 0 Å². The van der Waals surface area contributed by atoms with Crippen LogP contribution in [-0.2, 0) is 0 Å². The monoisotopic (exact) mass is 845 g/mol. The molecule has 0 fully saturated rings. The SMILES string of the molecule is c1ccc(-c2cc(N(c3ccc(-c4ccc5c(ccc6ccccc65)c4)cc3)c3ccc(-c4ccccc4)c4sc5cc(-c6ccccc6)ccc5c34)c3c(c2)oc2ccccc23)cc1. The van der Waals surface area contributed by atoms with E-state index in [-0.39, 0.29) is 0 Å². The lowest BCUT2D eigenvalue weighted by Crippen LogP contribution is -2.11. The smallest absolute Gasteiger partial charge is 0.138 e. The molecule has 3 heteroatoms. The van der Waals surface area contributed by atoms with Gasteiger partial charge in [-0.3, -0.25) is 0 Å². The molecule has 11 aromatic carbocycles. The molecule has 13 rings (SSSR count). The largest absolute Gasteiger partial charge is 0.456 e. The summed E-state index contributed by atoms with van der Waals surface area (Å²) in [5.74, 6) is 0. The highest BCUT2D eigenvalue weighted by atomic mass is 32.1. The third-order valence-corrected chi connectivity index (χ3v) is 14.2. The van der Waals surface area contributed by atoms with Gasteiger partial charge < -0.3 is 9.32 Å². The standard InChI is InChI=1S/C62H39NOS/c1-4-14-40(15-5-1)46-29-33-54-59(39-46)65-62-52(43-18-8-3-9-19-43)34-35-55(61(54)62)63(56-37-48(41-16-6-2-7-17-41)38-58-60(56)53-22-12-13-23-57(53)64-58)49-30-26-42(27-31-49)45-28-32-51-47(36-45)25-24-44-20-10-11-21-50(44)51/h1-39H. The summed E-state index contributed by atoms with van der Waals surface area (Å²) in [7, 11) is 0. The molecule has 2 aromatic heterocycles. The van der Waals surface area contributed by atoms with E-state index in [4.69, 9.17) is 4.42 Å². The number of furan rings is 1. The fourth-order valence-electron chi connectivity index (χ4n) is 9.91. The molecule has 0 spiro atoms. The molecule has 65 heavy (non-hydrogen) atoms. The highest BCUT2D eigenvalue weighted by molar-refractivity contribution is 7.26. The second kappa shape index (κ2) is 15.2. The van der Waals surface area contributed by atoms with Crippen LogP contribution in [0.3, 0.4) is 0 Å². The number of rotatable bonds is 7. The van der Waals surface area contributed by atoms with E-state index in [1.165, 1.54) is 75.1 Å². The minimum Gasteiger partial charge on any atom is -0.456 e. The van der Waals surface area contributed by atoms with Crippen molar-refractivity contribution in [3.05, 3.63) is 237 Å². The topological polar surface area (TPSA) is 16.4 Å². The van der Waals surface area contributed by atoms with Gasteiger partial charge in [0.2, 0.25) is 0 Å². The highest BCUT2D eigenvalue weighted by Gasteiger charge is 2.25. The van der Waals surface area contributed by atoms with E-state index in [0.717, 1.165) is 50.1 Å². The van der Waals surface area contributed by atoms with Crippen LogP contribution in [0, 0.1) is 0 Å². The predicted octanol–water partition coefficient (Wildman–Crippen LogP) is 18.4. The summed E-state index contributed by atoms with van der Waals surface area (Å²) in [6.45, 7) is 0. The van der Waals surface area contributed by atoms with Crippen molar-refractivity contribution in [2.45, 2.75) is 0 Å². The molecule has 0 saturated carbocycles. The van der Waals surface area contributed by atoms with E-state index < -0.39 is 0 Å². The van der Waals surface area contributed by atoms with E-state index in [1.807, 2.05) is 11.3 Å². The molecule has 0 aliphatic carbocycles. The fourth-order valence-corrected chi connectivity index (χ4v) is 11.2. The second-order valence-corrected chi connectivity index (χ2v) is 17.9. The molecule has 0 N–H and O–H groups in total. The van der Waals surface area contributed by atoms with Gasteiger partial charge in [-0.1, -0.05) is 188 Å². The van der Waals surface area contributed by atoms with Crippen LogP contribution in [0.5, 0.6) is 0 Å². The van der Waals surface area contributed by atoms with Crippen molar-refractivity contribution in [3.8, 4) is 44.5 Å². The van der Waals surface area contributed by atoms with Gasteiger partial charge in [0.15, 0.2) is 0 Å². The van der Waals surface area contributed by atoms with Crippen LogP contribution in [-0.4, -0.2) is 0 Å². The van der Waals surface area contributed by atoms with Gasteiger partial charge in [-0.05, 0) is 115 Å². The van der Waals surface area contributed by atoms with Crippen molar-refractivity contribution in [3.63, 3.8) is 0 Å². The summed E-state index contributed by atoms with van der Waals surface area (Å²) < 4.78 is 9.27. The zero-order valence-corrected chi connectivity index (χ0v) is 36.1. The lowest BCUT2D eigenvalue weighted by molar-refractivity contribution is 0.669. The first kappa shape index (κ1) is 37.3. The Morgan fingerprint density at radius 1 is 0.323 bits per heavy atom. The highest BCUT2D eigenvalue weighted by Crippen LogP contribution is 2.52.